The molecule has 0 atom stereocenters. The molecule has 25 heavy (non-hydrogen) atoms. The van der Waals surface area contributed by atoms with Gasteiger partial charge in [-0.3, -0.25) is 4.79 Å². The second kappa shape index (κ2) is 8.59. The minimum atomic E-state index is -0.0362. The minimum absolute atomic E-state index is 0.0362. The second-order valence-corrected chi connectivity index (χ2v) is 5.60. The first-order valence-electron chi connectivity index (χ1n) is 8.23. The van der Waals surface area contributed by atoms with Gasteiger partial charge in [0, 0.05) is 36.7 Å². The highest BCUT2D eigenvalue weighted by molar-refractivity contribution is 5.78. The zero-order chi connectivity index (χ0) is 17.3. The lowest BCUT2D eigenvalue weighted by Gasteiger charge is -2.08. The maximum atomic E-state index is 12.0. The molecule has 3 rings (SSSR count). The number of benzene rings is 2. The van der Waals surface area contributed by atoms with Crippen LogP contribution in [0.5, 0.6) is 0 Å². The lowest BCUT2D eigenvalue weighted by molar-refractivity contribution is -0.120. The van der Waals surface area contributed by atoms with E-state index in [9.17, 15) is 4.79 Å². The van der Waals surface area contributed by atoms with E-state index in [2.05, 4.69) is 20.6 Å². The normalized spacial score (nSPS) is 10.2. The third-order valence-electron chi connectivity index (χ3n) is 3.65. The monoisotopic (exact) mass is 332 g/mol. The fourth-order valence-corrected chi connectivity index (χ4v) is 2.40. The maximum Gasteiger partial charge on any atom is 0.224 e. The van der Waals surface area contributed by atoms with Gasteiger partial charge in [-0.1, -0.05) is 48.5 Å². The van der Waals surface area contributed by atoms with Crippen molar-refractivity contribution in [3.05, 3.63) is 78.6 Å². The first-order chi connectivity index (χ1) is 12.3. The van der Waals surface area contributed by atoms with E-state index in [1.807, 2.05) is 60.7 Å². The second-order valence-electron chi connectivity index (χ2n) is 5.60. The molecular formula is C20H20N4O. The SMILES string of the molecule is O=C(Cc1cnc(-c2ccccc2)nc1)NCCNc1ccccc1. The number of rotatable bonds is 7. The molecule has 2 N–H and O–H groups in total. The summed E-state index contributed by atoms with van der Waals surface area (Å²) in [6, 6.07) is 19.7. The third kappa shape index (κ3) is 5.14. The van der Waals surface area contributed by atoms with Crippen LogP contribution in [-0.2, 0) is 11.2 Å². The number of hydrogen-bond donors (Lipinski definition) is 2. The highest BCUT2D eigenvalue weighted by atomic mass is 16.1. The summed E-state index contributed by atoms with van der Waals surface area (Å²) in [6.45, 7) is 1.25. The highest BCUT2D eigenvalue weighted by Gasteiger charge is 2.05. The molecule has 1 heterocycles. The molecule has 126 valence electrons. The molecule has 1 aromatic heterocycles. The van der Waals surface area contributed by atoms with Crippen molar-refractivity contribution in [1.82, 2.24) is 15.3 Å². The van der Waals surface area contributed by atoms with E-state index in [0.717, 1.165) is 16.8 Å². The Bertz CT molecular complexity index is 789. The Hall–Kier alpha value is -3.21. The lowest BCUT2D eigenvalue weighted by atomic mass is 10.2. The van der Waals surface area contributed by atoms with Crippen molar-refractivity contribution in [2.24, 2.45) is 0 Å². The molecule has 5 heteroatoms. The molecule has 0 spiro atoms. The minimum Gasteiger partial charge on any atom is -0.383 e. The number of aromatic nitrogens is 2. The molecule has 0 aliphatic rings. The zero-order valence-electron chi connectivity index (χ0n) is 13.9. The summed E-state index contributed by atoms with van der Waals surface area (Å²) in [7, 11) is 0. The van der Waals surface area contributed by atoms with Crippen LogP contribution in [0.3, 0.4) is 0 Å². The first-order valence-corrected chi connectivity index (χ1v) is 8.23. The van der Waals surface area contributed by atoms with Crippen LogP contribution in [0.1, 0.15) is 5.56 Å². The standard InChI is InChI=1S/C20H20N4O/c25-19(22-12-11-21-18-9-5-2-6-10-18)13-16-14-23-20(24-15-16)17-7-3-1-4-8-17/h1-10,14-15,21H,11-13H2,(H,22,25). The van der Waals surface area contributed by atoms with E-state index in [1.54, 1.807) is 12.4 Å². The molecule has 1 amide bonds. The summed E-state index contributed by atoms with van der Waals surface area (Å²) in [5, 5.41) is 6.14. The Morgan fingerprint density at radius 1 is 0.840 bits per heavy atom. The Balaban J connectivity index is 1.43. The molecule has 0 bridgehead atoms. The van der Waals surface area contributed by atoms with Gasteiger partial charge >= 0.3 is 0 Å². The largest absolute Gasteiger partial charge is 0.383 e. The molecular weight excluding hydrogens is 312 g/mol. The number of carbonyl (C=O) groups is 1. The predicted molar refractivity (Wildman–Crippen MR) is 99.1 cm³/mol. The number of para-hydroxylation sites is 1. The van der Waals surface area contributed by atoms with Gasteiger partial charge in [0.15, 0.2) is 5.82 Å². The molecule has 0 radical (unpaired) electrons. The van der Waals surface area contributed by atoms with Crippen molar-refractivity contribution in [3.63, 3.8) is 0 Å². The quantitative estimate of drug-likeness (QED) is 0.653. The van der Waals surface area contributed by atoms with E-state index in [4.69, 9.17) is 0 Å². The lowest BCUT2D eigenvalue weighted by Crippen LogP contribution is -2.30. The Kier molecular flexibility index (Phi) is 5.72. The molecule has 5 nitrogen and oxygen atoms in total. The van der Waals surface area contributed by atoms with Gasteiger partial charge in [0.2, 0.25) is 5.91 Å². The smallest absolute Gasteiger partial charge is 0.224 e. The van der Waals surface area contributed by atoms with Crippen molar-refractivity contribution in [1.29, 1.82) is 0 Å². The summed E-state index contributed by atoms with van der Waals surface area (Å²) in [5.74, 6) is 0.628. The number of carbonyl (C=O) groups excluding carboxylic acids is 1. The molecule has 0 aliphatic carbocycles. The van der Waals surface area contributed by atoms with Crippen LogP contribution in [0.2, 0.25) is 0 Å². The third-order valence-corrected chi connectivity index (χ3v) is 3.65. The van der Waals surface area contributed by atoms with Gasteiger partial charge in [-0.15, -0.1) is 0 Å². The van der Waals surface area contributed by atoms with Crippen LogP contribution < -0.4 is 10.6 Å². The van der Waals surface area contributed by atoms with E-state index < -0.39 is 0 Å². The first kappa shape index (κ1) is 16.6. The van der Waals surface area contributed by atoms with E-state index >= 15 is 0 Å². The summed E-state index contributed by atoms with van der Waals surface area (Å²) in [4.78, 5) is 20.7. The Labute approximate surface area is 147 Å². The summed E-state index contributed by atoms with van der Waals surface area (Å²) in [6.07, 6.45) is 3.69. The van der Waals surface area contributed by atoms with Crippen molar-refractivity contribution >= 4 is 11.6 Å². The van der Waals surface area contributed by atoms with Gasteiger partial charge in [0.25, 0.3) is 0 Å². The zero-order valence-corrected chi connectivity index (χ0v) is 13.9. The average molecular weight is 332 g/mol. The van der Waals surface area contributed by atoms with Crippen LogP contribution >= 0.6 is 0 Å². The number of amides is 1. The Morgan fingerprint density at radius 3 is 2.16 bits per heavy atom. The van der Waals surface area contributed by atoms with E-state index in [-0.39, 0.29) is 12.3 Å². The van der Waals surface area contributed by atoms with Gasteiger partial charge in [-0.05, 0) is 17.7 Å². The van der Waals surface area contributed by atoms with Gasteiger partial charge in [-0.25, -0.2) is 9.97 Å². The average Bonchev–Trinajstić information content (AvgIpc) is 2.67. The van der Waals surface area contributed by atoms with Crippen LogP contribution in [0, 0.1) is 0 Å². The molecule has 0 aliphatic heterocycles. The molecule has 0 saturated carbocycles. The summed E-state index contributed by atoms with van der Waals surface area (Å²) >= 11 is 0. The van der Waals surface area contributed by atoms with Crippen molar-refractivity contribution < 1.29 is 4.79 Å². The predicted octanol–water partition coefficient (Wildman–Crippen LogP) is 2.91. The fourth-order valence-electron chi connectivity index (χ4n) is 2.40. The van der Waals surface area contributed by atoms with Crippen molar-refractivity contribution in [2.75, 3.05) is 18.4 Å². The molecule has 3 aromatic rings. The van der Waals surface area contributed by atoms with E-state index in [0.29, 0.717) is 18.9 Å². The van der Waals surface area contributed by atoms with Crippen LogP contribution in [-0.4, -0.2) is 29.0 Å². The topological polar surface area (TPSA) is 66.9 Å². The molecule has 0 saturated heterocycles. The fraction of sp³-hybridized carbons (Fsp3) is 0.150. The van der Waals surface area contributed by atoms with E-state index in [1.165, 1.54) is 0 Å². The van der Waals surface area contributed by atoms with Crippen LogP contribution in [0.25, 0.3) is 11.4 Å². The van der Waals surface area contributed by atoms with Crippen molar-refractivity contribution in [3.8, 4) is 11.4 Å². The maximum absolute atomic E-state index is 12.0. The van der Waals surface area contributed by atoms with Crippen LogP contribution in [0.15, 0.2) is 73.1 Å². The molecule has 0 fully saturated rings. The number of nitrogens with zero attached hydrogens (tertiary/aromatic N) is 2. The van der Waals surface area contributed by atoms with Gasteiger partial charge in [0.05, 0.1) is 6.42 Å². The van der Waals surface area contributed by atoms with Gasteiger partial charge in [0.1, 0.15) is 0 Å². The highest BCUT2D eigenvalue weighted by Crippen LogP contribution is 2.13. The van der Waals surface area contributed by atoms with Gasteiger partial charge in [-0.2, -0.15) is 0 Å². The number of hydrogen-bond acceptors (Lipinski definition) is 4. The summed E-state index contributed by atoms with van der Waals surface area (Å²) < 4.78 is 0. The number of anilines is 1. The number of nitrogens with one attached hydrogen (secondary N) is 2. The summed E-state index contributed by atoms with van der Waals surface area (Å²) in [5.41, 5.74) is 2.81. The Morgan fingerprint density at radius 2 is 1.48 bits per heavy atom. The van der Waals surface area contributed by atoms with Crippen LogP contribution in [0.4, 0.5) is 5.69 Å². The molecule has 0 unspecified atom stereocenters. The van der Waals surface area contributed by atoms with Gasteiger partial charge < -0.3 is 10.6 Å². The molecule has 2 aromatic carbocycles. The van der Waals surface area contributed by atoms with Crippen molar-refractivity contribution in [2.45, 2.75) is 6.42 Å².